The number of aromatic nitrogens is 1. The molecule has 23 heavy (non-hydrogen) atoms. The third-order valence-corrected chi connectivity index (χ3v) is 3.32. The van der Waals surface area contributed by atoms with E-state index >= 15 is 0 Å². The summed E-state index contributed by atoms with van der Waals surface area (Å²) in [4.78, 5) is 12.3. The van der Waals surface area contributed by atoms with E-state index in [-0.39, 0.29) is 29.8 Å². The third kappa shape index (κ3) is 4.98. The summed E-state index contributed by atoms with van der Waals surface area (Å²) >= 11 is 0. The molecule has 124 valence electrons. The lowest BCUT2D eigenvalue weighted by Crippen LogP contribution is -3.00. The van der Waals surface area contributed by atoms with E-state index in [0.717, 1.165) is 5.69 Å². The summed E-state index contributed by atoms with van der Waals surface area (Å²) in [7, 11) is 7.67. The zero-order valence-corrected chi connectivity index (χ0v) is 15.9. The highest BCUT2D eigenvalue weighted by Crippen LogP contribution is 2.20. The highest BCUT2D eigenvalue weighted by Gasteiger charge is 2.22. The van der Waals surface area contributed by atoms with Crippen LogP contribution in [0.5, 0.6) is 0 Å². The monoisotopic (exact) mass is 427 g/mol. The van der Waals surface area contributed by atoms with Gasteiger partial charge in [0.15, 0.2) is 11.9 Å². The summed E-state index contributed by atoms with van der Waals surface area (Å²) < 4.78 is 2.23. The maximum atomic E-state index is 12.3. The molecule has 1 atom stereocenters. The van der Waals surface area contributed by atoms with Crippen LogP contribution < -0.4 is 24.0 Å². The summed E-state index contributed by atoms with van der Waals surface area (Å²) in [6.07, 6.45) is 0.558. The van der Waals surface area contributed by atoms with Crippen LogP contribution in [0.4, 0.5) is 0 Å². The van der Waals surface area contributed by atoms with Gasteiger partial charge in [0, 0.05) is 12.6 Å². The van der Waals surface area contributed by atoms with E-state index in [2.05, 4.69) is 5.10 Å². The SMILES string of the molecule is Cn1c(/C=N/[N+](C)(C)C)ccc1C(O)C(=O)c1ccccc1.[I-]. The minimum Gasteiger partial charge on any atom is -1.00 e. The second-order valence-electron chi connectivity index (χ2n) is 6.06. The van der Waals surface area contributed by atoms with Crippen molar-refractivity contribution in [2.75, 3.05) is 21.1 Å². The van der Waals surface area contributed by atoms with Gasteiger partial charge >= 0.3 is 0 Å². The maximum absolute atomic E-state index is 12.3. The molecule has 1 unspecified atom stereocenters. The lowest BCUT2D eigenvalue weighted by molar-refractivity contribution is -0.876. The predicted octanol–water partition coefficient (Wildman–Crippen LogP) is -1.01. The first-order valence-electron chi connectivity index (χ1n) is 7.09. The number of hydrogen-bond donors (Lipinski definition) is 1. The Balaban J connectivity index is 0.00000264. The average Bonchev–Trinajstić information content (AvgIpc) is 2.85. The normalized spacial score (nSPS) is 12.9. The van der Waals surface area contributed by atoms with Gasteiger partial charge in [-0.2, -0.15) is 0 Å². The van der Waals surface area contributed by atoms with Crippen molar-refractivity contribution in [3.8, 4) is 0 Å². The van der Waals surface area contributed by atoms with Crippen molar-refractivity contribution < 1.29 is 38.5 Å². The molecule has 0 fully saturated rings. The number of benzene rings is 1. The predicted molar refractivity (Wildman–Crippen MR) is 86.8 cm³/mol. The zero-order chi connectivity index (χ0) is 16.3. The standard InChI is InChI=1S/C17H22N3O2.HI/c1-19-14(12-18-20(2,3)4)10-11-15(19)17(22)16(21)13-8-6-5-7-9-13;/h5-12,17,22H,1-4H3;1H/q+1;/p-1/b18-12+;. The molecule has 0 aliphatic heterocycles. The van der Waals surface area contributed by atoms with E-state index in [1.807, 2.05) is 40.3 Å². The van der Waals surface area contributed by atoms with Crippen molar-refractivity contribution in [3.63, 3.8) is 0 Å². The van der Waals surface area contributed by atoms with E-state index in [9.17, 15) is 9.90 Å². The van der Waals surface area contributed by atoms with Crippen LogP contribution in [-0.2, 0) is 7.05 Å². The van der Waals surface area contributed by atoms with Gasteiger partial charge in [-0.1, -0.05) is 35.4 Å². The van der Waals surface area contributed by atoms with E-state index in [0.29, 0.717) is 15.8 Å². The van der Waals surface area contributed by atoms with Crippen LogP contribution >= 0.6 is 0 Å². The fraction of sp³-hybridized carbons (Fsp3) is 0.294. The summed E-state index contributed by atoms with van der Waals surface area (Å²) in [5.74, 6) is -0.308. The Kier molecular flexibility index (Phi) is 6.67. The lowest BCUT2D eigenvalue weighted by atomic mass is 10.0. The second-order valence-corrected chi connectivity index (χ2v) is 6.06. The highest BCUT2D eigenvalue weighted by atomic mass is 127. The minimum absolute atomic E-state index is 0. The maximum Gasteiger partial charge on any atom is 0.197 e. The number of hydrogen-bond acceptors (Lipinski definition) is 3. The van der Waals surface area contributed by atoms with Gasteiger partial charge in [0.25, 0.3) is 0 Å². The molecule has 1 heterocycles. The summed E-state index contributed by atoms with van der Waals surface area (Å²) in [5.41, 5.74) is 1.89. The lowest BCUT2D eigenvalue weighted by Gasteiger charge is -2.15. The Bertz CT molecular complexity index is 688. The van der Waals surface area contributed by atoms with Crippen LogP contribution in [0.2, 0.25) is 0 Å². The summed E-state index contributed by atoms with van der Waals surface area (Å²) in [5, 5.41) is 14.7. The number of carbonyl (C=O) groups excluding carboxylic acids is 1. The van der Waals surface area contributed by atoms with Crippen molar-refractivity contribution in [2.24, 2.45) is 12.1 Å². The topological polar surface area (TPSA) is 54.6 Å². The first kappa shape index (κ1) is 19.5. The molecule has 0 saturated carbocycles. The first-order valence-corrected chi connectivity index (χ1v) is 7.09. The Morgan fingerprint density at radius 1 is 1.17 bits per heavy atom. The molecule has 1 aromatic heterocycles. The summed E-state index contributed by atoms with van der Waals surface area (Å²) in [6.45, 7) is 0. The van der Waals surface area contributed by atoms with Gasteiger partial charge in [-0.15, -0.1) is 0 Å². The van der Waals surface area contributed by atoms with Crippen LogP contribution in [-0.4, -0.2) is 47.4 Å². The van der Waals surface area contributed by atoms with Crippen molar-refractivity contribution >= 4 is 12.0 Å². The smallest absolute Gasteiger partial charge is 0.197 e. The van der Waals surface area contributed by atoms with Crippen LogP contribution in [0.25, 0.3) is 0 Å². The molecule has 0 aliphatic rings. The number of aliphatic hydroxyl groups excluding tert-OH is 1. The van der Waals surface area contributed by atoms with Gasteiger partial charge in [-0.05, 0) is 12.1 Å². The van der Waals surface area contributed by atoms with Crippen LogP contribution in [0.15, 0.2) is 47.6 Å². The van der Waals surface area contributed by atoms with E-state index in [4.69, 9.17) is 0 Å². The fourth-order valence-corrected chi connectivity index (χ4v) is 2.07. The number of rotatable bonds is 5. The molecule has 2 aromatic rings. The molecule has 0 bridgehead atoms. The Labute approximate surface area is 153 Å². The van der Waals surface area contributed by atoms with Crippen molar-refractivity contribution in [2.45, 2.75) is 6.10 Å². The zero-order valence-electron chi connectivity index (χ0n) is 13.8. The average molecular weight is 427 g/mol. The number of quaternary nitrogens is 1. The molecule has 2 rings (SSSR count). The van der Waals surface area contributed by atoms with Crippen molar-refractivity contribution in [1.82, 2.24) is 4.57 Å². The van der Waals surface area contributed by atoms with E-state index < -0.39 is 6.10 Å². The molecule has 5 nitrogen and oxygen atoms in total. The summed E-state index contributed by atoms with van der Waals surface area (Å²) in [6, 6.07) is 12.4. The van der Waals surface area contributed by atoms with Crippen molar-refractivity contribution in [3.05, 3.63) is 59.4 Å². The van der Waals surface area contributed by atoms with Gasteiger partial charge < -0.3 is 33.7 Å². The first-order chi connectivity index (χ1) is 10.3. The fourth-order valence-electron chi connectivity index (χ4n) is 2.07. The van der Waals surface area contributed by atoms with Gasteiger partial charge in [0.2, 0.25) is 0 Å². The van der Waals surface area contributed by atoms with Crippen LogP contribution in [0, 0.1) is 0 Å². The Hall–Kier alpha value is -1.51. The third-order valence-electron chi connectivity index (χ3n) is 3.32. The molecule has 0 amide bonds. The Morgan fingerprint density at radius 3 is 2.35 bits per heavy atom. The number of aliphatic hydroxyl groups is 1. The number of nitrogens with zero attached hydrogens (tertiary/aromatic N) is 3. The quantitative estimate of drug-likeness (QED) is 0.219. The molecule has 0 aliphatic carbocycles. The van der Waals surface area contributed by atoms with E-state index in [1.165, 1.54) is 0 Å². The molecule has 1 aromatic carbocycles. The molecular formula is C17H22IN3O2. The molecule has 0 radical (unpaired) electrons. The van der Waals surface area contributed by atoms with Crippen LogP contribution in [0.1, 0.15) is 27.8 Å². The molecule has 1 N–H and O–H groups in total. The van der Waals surface area contributed by atoms with Crippen molar-refractivity contribution in [1.29, 1.82) is 0 Å². The molecule has 0 saturated heterocycles. The van der Waals surface area contributed by atoms with Gasteiger partial charge in [0.05, 0.1) is 32.5 Å². The molecular weight excluding hydrogens is 405 g/mol. The van der Waals surface area contributed by atoms with E-state index in [1.54, 1.807) is 41.1 Å². The molecule has 6 heteroatoms. The largest absolute Gasteiger partial charge is 1.00 e. The molecule has 0 spiro atoms. The number of halogens is 1. The second kappa shape index (κ2) is 7.85. The van der Waals surface area contributed by atoms with Gasteiger partial charge in [-0.25, -0.2) is 4.59 Å². The number of ketones is 1. The van der Waals surface area contributed by atoms with Crippen LogP contribution in [0.3, 0.4) is 0 Å². The Morgan fingerprint density at radius 2 is 1.78 bits per heavy atom. The highest BCUT2D eigenvalue weighted by molar-refractivity contribution is 5.99. The number of carbonyl (C=O) groups is 1. The minimum atomic E-state index is -1.18. The van der Waals surface area contributed by atoms with Gasteiger partial charge in [-0.3, -0.25) is 4.79 Å². The van der Waals surface area contributed by atoms with Gasteiger partial charge in [0.1, 0.15) is 6.21 Å². The number of Topliss-reactive ketones (excluding diaryl/α,β-unsaturated/α-hetero) is 1.